The number of rotatable bonds is 5. The van der Waals surface area contributed by atoms with Gasteiger partial charge in [0.15, 0.2) is 10.7 Å². The summed E-state index contributed by atoms with van der Waals surface area (Å²) < 4.78 is 1.82. The molecule has 0 spiro atoms. The summed E-state index contributed by atoms with van der Waals surface area (Å²) in [6.07, 6.45) is 3.38. The molecule has 0 radical (unpaired) electrons. The summed E-state index contributed by atoms with van der Waals surface area (Å²) in [6, 6.07) is 17.2. The van der Waals surface area contributed by atoms with Crippen LogP contribution in [-0.2, 0) is 0 Å². The van der Waals surface area contributed by atoms with Crippen LogP contribution in [0.25, 0.3) is 33.0 Å². The summed E-state index contributed by atoms with van der Waals surface area (Å²) in [4.78, 5) is 22.4. The minimum absolute atomic E-state index is 0.103. The molecular formula is C23H19N7OS. The largest absolute Gasteiger partial charge is 0.296 e. The average Bonchev–Trinajstić information content (AvgIpc) is 3.47. The lowest BCUT2D eigenvalue weighted by Crippen LogP contribution is -2.13. The molecule has 0 aliphatic carbocycles. The van der Waals surface area contributed by atoms with Crippen LogP contribution in [0.5, 0.6) is 0 Å². The van der Waals surface area contributed by atoms with Gasteiger partial charge in [0.05, 0.1) is 22.8 Å². The fourth-order valence-corrected chi connectivity index (χ4v) is 4.09. The first-order valence-electron chi connectivity index (χ1n) is 10.1. The molecule has 0 bridgehead atoms. The van der Waals surface area contributed by atoms with Gasteiger partial charge in [-0.1, -0.05) is 47.7 Å². The van der Waals surface area contributed by atoms with Crippen LogP contribution >= 0.6 is 11.3 Å². The van der Waals surface area contributed by atoms with E-state index in [0.29, 0.717) is 38.1 Å². The van der Waals surface area contributed by atoms with E-state index < -0.39 is 0 Å². The third kappa shape index (κ3) is 3.74. The van der Waals surface area contributed by atoms with Crippen LogP contribution in [0.2, 0.25) is 0 Å². The van der Waals surface area contributed by atoms with Gasteiger partial charge in [0.1, 0.15) is 5.69 Å². The molecule has 0 aliphatic heterocycles. The topological polar surface area (TPSA) is 98.5 Å². The van der Waals surface area contributed by atoms with E-state index in [1.165, 1.54) is 11.3 Å². The number of hydrogen-bond donors (Lipinski definition) is 1. The first-order chi connectivity index (χ1) is 15.6. The Morgan fingerprint density at radius 2 is 1.84 bits per heavy atom. The van der Waals surface area contributed by atoms with E-state index in [0.717, 1.165) is 5.56 Å². The van der Waals surface area contributed by atoms with E-state index >= 15 is 0 Å². The molecule has 158 valence electrons. The Morgan fingerprint density at radius 1 is 1.03 bits per heavy atom. The maximum Gasteiger partial charge on any atom is 0.258 e. The van der Waals surface area contributed by atoms with Crippen molar-refractivity contribution in [1.29, 1.82) is 0 Å². The van der Waals surface area contributed by atoms with Crippen LogP contribution in [0.4, 0.5) is 5.13 Å². The number of hydrogen-bond acceptors (Lipinski definition) is 7. The minimum Gasteiger partial charge on any atom is -0.296 e. The third-order valence-corrected chi connectivity index (χ3v) is 5.76. The van der Waals surface area contributed by atoms with Gasteiger partial charge in [-0.05, 0) is 32.0 Å². The molecule has 0 saturated heterocycles. The molecule has 8 nitrogen and oxygen atoms in total. The number of amides is 1. The highest BCUT2D eigenvalue weighted by Gasteiger charge is 2.20. The Morgan fingerprint density at radius 3 is 2.59 bits per heavy atom. The molecule has 0 atom stereocenters. The molecule has 9 heteroatoms. The Hall–Kier alpha value is -3.98. The fourth-order valence-electron chi connectivity index (χ4n) is 3.37. The van der Waals surface area contributed by atoms with E-state index in [1.807, 2.05) is 67.1 Å². The number of fused-ring (bicyclic) bond motifs is 1. The van der Waals surface area contributed by atoms with Crippen LogP contribution in [0.15, 0.2) is 67.0 Å². The maximum atomic E-state index is 13.3. The van der Waals surface area contributed by atoms with Gasteiger partial charge < -0.3 is 0 Å². The molecular weight excluding hydrogens is 422 g/mol. The standard InChI is InChI=1S/C23H19N7OS/c1-14(2)30-20-17(13-25-30)16(12-19(26-20)15-8-4-3-5-9-15)21(31)27-23-29-28-22(32-23)18-10-6-7-11-24-18/h3-14H,1-2H3,(H,27,29,31). The van der Waals surface area contributed by atoms with Gasteiger partial charge in [0.2, 0.25) is 5.13 Å². The van der Waals surface area contributed by atoms with Gasteiger partial charge in [0.25, 0.3) is 5.91 Å². The van der Waals surface area contributed by atoms with Crippen molar-refractivity contribution >= 4 is 33.4 Å². The van der Waals surface area contributed by atoms with Crippen LogP contribution in [-0.4, -0.2) is 35.9 Å². The van der Waals surface area contributed by atoms with Gasteiger partial charge in [-0.15, -0.1) is 10.2 Å². The fraction of sp³-hybridized carbons (Fsp3) is 0.130. The summed E-state index contributed by atoms with van der Waals surface area (Å²) in [6.45, 7) is 4.06. The Kier molecular flexibility index (Phi) is 5.16. The van der Waals surface area contributed by atoms with Gasteiger partial charge >= 0.3 is 0 Å². The molecule has 5 rings (SSSR count). The van der Waals surface area contributed by atoms with E-state index in [1.54, 1.807) is 18.5 Å². The summed E-state index contributed by atoms with van der Waals surface area (Å²) in [5.41, 5.74) is 3.49. The molecule has 1 aromatic carbocycles. The number of carbonyl (C=O) groups is 1. The number of nitrogens with zero attached hydrogens (tertiary/aromatic N) is 6. The normalized spacial score (nSPS) is 11.2. The molecule has 32 heavy (non-hydrogen) atoms. The number of aromatic nitrogens is 6. The van der Waals surface area contributed by atoms with Crippen molar-refractivity contribution < 1.29 is 4.79 Å². The molecule has 0 aliphatic rings. The minimum atomic E-state index is -0.290. The zero-order valence-electron chi connectivity index (χ0n) is 17.4. The maximum absolute atomic E-state index is 13.3. The smallest absolute Gasteiger partial charge is 0.258 e. The zero-order valence-corrected chi connectivity index (χ0v) is 18.2. The highest BCUT2D eigenvalue weighted by Crippen LogP contribution is 2.28. The van der Waals surface area contributed by atoms with Crippen molar-refractivity contribution in [2.45, 2.75) is 19.9 Å². The second-order valence-electron chi connectivity index (χ2n) is 7.42. The number of carbonyl (C=O) groups excluding carboxylic acids is 1. The molecule has 5 aromatic rings. The predicted octanol–water partition coefficient (Wildman–Crippen LogP) is 4.85. The molecule has 0 fully saturated rings. The quantitative estimate of drug-likeness (QED) is 0.419. The van der Waals surface area contributed by atoms with E-state index in [4.69, 9.17) is 4.98 Å². The van der Waals surface area contributed by atoms with Crippen LogP contribution in [0.1, 0.15) is 30.2 Å². The Labute approximate surface area is 188 Å². The van der Waals surface area contributed by atoms with Gasteiger partial charge in [0, 0.05) is 17.8 Å². The molecule has 4 aromatic heterocycles. The zero-order chi connectivity index (χ0) is 22.1. The van der Waals surface area contributed by atoms with E-state index in [9.17, 15) is 4.79 Å². The Balaban J connectivity index is 1.54. The first kappa shape index (κ1) is 20.0. The monoisotopic (exact) mass is 441 g/mol. The van der Waals surface area contributed by atoms with Crippen molar-refractivity contribution in [3.63, 3.8) is 0 Å². The second kappa shape index (κ2) is 8.27. The number of anilines is 1. The van der Waals surface area contributed by atoms with Crippen LogP contribution in [0, 0.1) is 0 Å². The lowest BCUT2D eigenvalue weighted by Gasteiger charge is -2.10. The lowest BCUT2D eigenvalue weighted by molar-refractivity contribution is 0.102. The lowest BCUT2D eigenvalue weighted by atomic mass is 10.1. The van der Waals surface area contributed by atoms with Crippen molar-refractivity contribution in [1.82, 2.24) is 29.9 Å². The van der Waals surface area contributed by atoms with E-state index in [-0.39, 0.29) is 11.9 Å². The summed E-state index contributed by atoms with van der Waals surface area (Å²) in [5.74, 6) is -0.290. The number of nitrogens with one attached hydrogen (secondary N) is 1. The van der Waals surface area contributed by atoms with Crippen LogP contribution in [0.3, 0.4) is 0 Å². The summed E-state index contributed by atoms with van der Waals surface area (Å²) >= 11 is 1.27. The predicted molar refractivity (Wildman–Crippen MR) is 124 cm³/mol. The van der Waals surface area contributed by atoms with Gasteiger partial charge in [-0.3, -0.25) is 15.1 Å². The van der Waals surface area contributed by atoms with Crippen molar-refractivity contribution in [3.05, 3.63) is 72.6 Å². The van der Waals surface area contributed by atoms with Crippen molar-refractivity contribution in [2.24, 2.45) is 0 Å². The number of benzene rings is 1. The van der Waals surface area contributed by atoms with Gasteiger partial charge in [-0.2, -0.15) is 5.10 Å². The van der Waals surface area contributed by atoms with E-state index in [2.05, 4.69) is 25.6 Å². The highest BCUT2D eigenvalue weighted by atomic mass is 32.1. The molecule has 1 N–H and O–H groups in total. The molecule has 1 amide bonds. The van der Waals surface area contributed by atoms with Crippen molar-refractivity contribution in [2.75, 3.05) is 5.32 Å². The van der Waals surface area contributed by atoms with Crippen LogP contribution < -0.4 is 5.32 Å². The number of pyridine rings is 2. The van der Waals surface area contributed by atoms with Gasteiger partial charge in [-0.25, -0.2) is 9.67 Å². The summed E-state index contributed by atoms with van der Waals surface area (Å²) in [5, 5.41) is 17.3. The average molecular weight is 442 g/mol. The molecule has 0 unspecified atom stereocenters. The second-order valence-corrected chi connectivity index (χ2v) is 8.40. The molecule has 0 saturated carbocycles. The summed E-state index contributed by atoms with van der Waals surface area (Å²) in [7, 11) is 0. The first-order valence-corrected chi connectivity index (χ1v) is 10.9. The SMILES string of the molecule is CC(C)n1ncc2c(C(=O)Nc3nnc(-c4ccccn4)s3)cc(-c3ccccc3)nc21. The Bertz CT molecular complexity index is 1390. The molecule has 4 heterocycles. The highest BCUT2D eigenvalue weighted by molar-refractivity contribution is 7.18. The third-order valence-electron chi connectivity index (χ3n) is 4.90. The van der Waals surface area contributed by atoms with Crippen molar-refractivity contribution in [3.8, 4) is 22.0 Å².